The number of nitriles is 1. The monoisotopic (exact) mass is 224 g/mol. The van der Waals surface area contributed by atoms with E-state index in [0.29, 0.717) is 4.90 Å². The highest BCUT2D eigenvalue weighted by molar-refractivity contribution is 5.81. The fourth-order valence-electron chi connectivity index (χ4n) is 1.25. The fraction of sp³-hybridized carbons (Fsp3) is 0.750. The van der Waals surface area contributed by atoms with Gasteiger partial charge in [-0.15, -0.1) is 0 Å². The average Bonchev–Trinajstić information content (AvgIpc) is 2.33. The Balaban J connectivity index is 2.81. The molecular formula is C8H8F4N2O. The van der Waals surface area contributed by atoms with Crippen LogP contribution in [0.25, 0.3) is 0 Å². The maximum atomic E-state index is 12.7. The van der Waals surface area contributed by atoms with Gasteiger partial charge in [0.1, 0.15) is 5.92 Å². The van der Waals surface area contributed by atoms with Crippen LogP contribution >= 0.6 is 0 Å². The third kappa shape index (κ3) is 1.89. The molecule has 0 aromatic heterocycles. The summed E-state index contributed by atoms with van der Waals surface area (Å²) in [6, 6.07) is 1.52. The predicted octanol–water partition coefficient (Wildman–Crippen LogP) is 1.26. The molecule has 0 N–H and O–H groups in total. The van der Waals surface area contributed by atoms with Gasteiger partial charge in [-0.25, -0.2) is 0 Å². The number of carbonyl (C=O) groups excluding carboxylic acids is 1. The van der Waals surface area contributed by atoms with Gasteiger partial charge in [0.2, 0.25) is 5.91 Å². The molecule has 1 heterocycles. The maximum Gasteiger partial charge on any atom is 0.329 e. The van der Waals surface area contributed by atoms with Crippen molar-refractivity contribution < 1.29 is 22.4 Å². The first kappa shape index (κ1) is 11.8. The van der Waals surface area contributed by atoms with Crippen LogP contribution in [-0.2, 0) is 4.79 Å². The molecular weight excluding hydrogens is 216 g/mol. The maximum absolute atomic E-state index is 12.7. The molecule has 1 aliphatic rings. The minimum absolute atomic E-state index is 0.327. The number of rotatable bonds is 1. The molecule has 0 spiro atoms. The number of likely N-dealkylation sites (tertiary alicyclic amines) is 1. The molecule has 0 radical (unpaired) electrons. The van der Waals surface area contributed by atoms with Gasteiger partial charge < -0.3 is 4.90 Å². The van der Waals surface area contributed by atoms with Gasteiger partial charge in [-0.3, -0.25) is 4.79 Å². The molecule has 3 nitrogen and oxygen atoms in total. The van der Waals surface area contributed by atoms with Crippen LogP contribution in [0, 0.1) is 17.2 Å². The molecule has 0 aliphatic carbocycles. The fourth-order valence-corrected chi connectivity index (χ4v) is 1.25. The summed E-state index contributed by atoms with van der Waals surface area (Å²) in [5.41, 5.74) is 0. The molecule has 1 aliphatic heterocycles. The van der Waals surface area contributed by atoms with E-state index in [1.165, 1.54) is 13.0 Å². The first-order chi connectivity index (χ1) is 6.71. The number of hydrogen-bond donors (Lipinski definition) is 0. The summed E-state index contributed by atoms with van der Waals surface area (Å²) < 4.78 is 50.7. The van der Waals surface area contributed by atoms with Crippen molar-refractivity contribution in [3.8, 4) is 6.07 Å². The quantitative estimate of drug-likeness (QED) is 0.629. The van der Waals surface area contributed by atoms with Crippen molar-refractivity contribution in [2.75, 3.05) is 13.1 Å². The first-order valence-corrected chi connectivity index (χ1v) is 4.15. The van der Waals surface area contributed by atoms with Crippen LogP contribution in [0.4, 0.5) is 17.6 Å². The average molecular weight is 224 g/mol. The summed E-state index contributed by atoms with van der Waals surface area (Å²) in [7, 11) is 0. The molecule has 1 unspecified atom stereocenters. The Hall–Kier alpha value is -1.32. The van der Waals surface area contributed by atoms with Crippen LogP contribution in [0.3, 0.4) is 0 Å². The lowest BCUT2D eigenvalue weighted by molar-refractivity contribution is -0.172. The van der Waals surface area contributed by atoms with E-state index in [0.717, 1.165) is 0 Å². The lowest BCUT2D eigenvalue weighted by Gasteiger charge is -2.15. The van der Waals surface area contributed by atoms with E-state index >= 15 is 0 Å². The molecule has 15 heavy (non-hydrogen) atoms. The van der Waals surface area contributed by atoms with Crippen molar-refractivity contribution >= 4 is 5.91 Å². The van der Waals surface area contributed by atoms with Crippen molar-refractivity contribution in [2.24, 2.45) is 5.92 Å². The van der Waals surface area contributed by atoms with Crippen LogP contribution in [0.1, 0.15) is 6.92 Å². The van der Waals surface area contributed by atoms with E-state index in [-0.39, 0.29) is 0 Å². The van der Waals surface area contributed by atoms with Gasteiger partial charge in [0.05, 0.1) is 19.2 Å². The molecule has 0 aromatic carbocycles. The smallest absolute Gasteiger partial charge is 0.329 e. The number of nitrogens with zero attached hydrogens (tertiary/aromatic N) is 2. The van der Waals surface area contributed by atoms with Gasteiger partial charge in [-0.1, -0.05) is 0 Å². The normalized spacial score (nSPS) is 24.7. The molecule has 7 heteroatoms. The van der Waals surface area contributed by atoms with Crippen molar-refractivity contribution in [3.05, 3.63) is 0 Å². The van der Waals surface area contributed by atoms with Crippen LogP contribution in [-0.4, -0.2) is 35.7 Å². The van der Waals surface area contributed by atoms with Crippen molar-refractivity contribution in [2.45, 2.75) is 18.8 Å². The Morgan fingerprint density at radius 2 is 1.73 bits per heavy atom. The van der Waals surface area contributed by atoms with E-state index in [2.05, 4.69) is 0 Å². The molecule has 0 aromatic rings. The van der Waals surface area contributed by atoms with Gasteiger partial charge in [0.15, 0.2) is 0 Å². The minimum atomic E-state index is -4.21. The highest BCUT2D eigenvalue weighted by Crippen LogP contribution is 2.41. The van der Waals surface area contributed by atoms with Gasteiger partial charge in [-0.05, 0) is 6.92 Å². The number of alkyl halides is 4. The third-order valence-corrected chi connectivity index (χ3v) is 2.19. The van der Waals surface area contributed by atoms with Crippen molar-refractivity contribution in [1.29, 1.82) is 5.26 Å². The Labute approximate surface area is 83.3 Å². The molecule has 1 fully saturated rings. The van der Waals surface area contributed by atoms with Crippen LogP contribution in [0.2, 0.25) is 0 Å². The number of amides is 1. The number of hydrogen-bond acceptors (Lipinski definition) is 2. The van der Waals surface area contributed by atoms with E-state index in [1.807, 2.05) is 0 Å². The molecule has 84 valence electrons. The summed E-state index contributed by atoms with van der Waals surface area (Å²) in [5, 5.41) is 8.35. The van der Waals surface area contributed by atoms with Gasteiger partial charge in [-0.2, -0.15) is 22.8 Å². The first-order valence-electron chi connectivity index (χ1n) is 4.15. The zero-order valence-corrected chi connectivity index (χ0v) is 7.81. The van der Waals surface area contributed by atoms with E-state index in [4.69, 9.17) is 5.26 Å². The SMILES string of the molecule is CC(C#N)C(=O)N1CC(F)(F)C(F)(F)C1. The third-order valence-electron chi connectivity index (χ3n) is 2.19. The van der Waals surface area contributed by atoms with E-state index in [9.17, 15) is 22.4 Å². The highest BCUT2D eigenvalue weighted by atomic mass is 19.3. The van der Waals surface area contributed by atoms with E-state index in [1.54, 1.807) is 0 Å². The summed E-state index contributed by atoms with van der Waals surface area (Å²) >= 11 is 0. The molecule has 1 saturated heterocycles. The van der Waals surface area contributed by atoms with Gasteiger partial charge in [0, 0.05) is 0 Å². The summed E-state index contributed by atoms with van der Waals surface area (Å²) in [5.74, 6) is -10.6. The van der Waals surface area contributed by atoms with Crippen molar-refractivity contribution in [1.82, 2.24) is 4.90 Å². The lowest BCUT2D eigenvalue weighted by Crippen LogP contribution is -2.38. The van der Waals surface area contributed by atoms with Crippen LogP contribution < -0.4 is 0 Å². The zero-order chi connectivity index (χ0) is 11.9. The highest BCUT2D eigenvalue weighted by Gasteiger charge is 2.64. The molecule has 0 bridgehead atoms. The molecule has 1 rings (SSSR count). The molecule has 0 saturated carbocycles. The minimum Gasteiger partial charge on any atom is -0.329 e. The summed E-state index contributed by atoms with van der Waals surface area (Å²) in [6.45, 7) is -1.48. The summed E-state index contributed by atoms with van der Waals surface area (Å²) in [6.07, 6.45) is 0. The topological polar surface area (TPSA) is 44.1 Å². The summed E-state index contributed by atoms with van der Waals surface area (Å²) in [4.78, 5) is 11.5. The van der Waals surface area contributed by atoms with Crippen molar-refractivity contribution in [3.63, 3.8) is 0 Å². The van der Waals surface area contributed by atoms with Gasteiger partial charge in [0.25, 0.3) is 0 Å². The lowest BCUT2D eigenvalue weighted by atomic mass is 10.2. The Morgan fingerprint density at radius 3 is 2.07 bits per heavy atom. The standard InChI is InChI=1S/C8H8F4N2O/c1-5(2-13)6(15)14-3-7(9,10)8(11,12)4-14/h5H,3-4H2,1H3. The predicted molar refractivity (Wildman–Crippen MR) is 41.3 cm³/mol. The van der Waals surface area contributed by atoms with Gasteiger partial charge >= 0.3 is 11.8 Å². The van der Waals surface area contributed by atoms with Crippen LogP contribution in [0.15, 0.2) is 0 Å². The Bertz CT molecular complexity index is 307. The largest absolute Gasteiger partial charge is 0.329 e. The second-order valence-electron chi connectivity index (χ2n) is 3.45. The second kappa shape index (κ2) is 3.36. The number of halogens is 4. The van der Waals surface area contributed by atoms with E-state index < -0.39 is 36.8 Å². The number of carbonyl (C=O) groups is 1. The Morgan fingerprint density at radius 1 is 1.33 bits per heavy atom. The second-order valence-corrected chi connectivity index (χ2v) is 3.45. The zero-order valence-electron chi connectivity index (χ0n) is 7.81. The molecule has 1 amide bonds. The molecule has 1 atom stereocenters. The Kier molecular flexibility index (Phi) is 2.63. The van der Waals surface area contributed by atoms with Crippen LogP contribution in [0.5, 0.6) is 0 Å².